The molecule has 21 heavy (non-hydrogen) atoms. The summed E-state index contributed by atoms with van der Waals surface area (Å²) in [6, 6.07) is 5.48. The van der Waals surface area contributed by atoms with E-state index in [0.29, 0.717) is 17.9 Å². The van der Waals surface area contributed by atoms with Crippen LogP contribution < -0.4 is 4.72 Å². The molecule has 1 N–H and O–H groups in total. The summed E-state index contributed by atoms with van der Waals surface area (Å²) in [6.45, 7) is 2.35. The average Bonchev–Trinajstić information content (AvgIpc) is 3.07. The fourth-order valence-electron chi connectivity index (χ4n) is 2.66. The van der Waals surface area contributed by atoms with Crippen molar-refractivity contribution in [2.24, 2.45) is 0 Å². The van der Waals surface area contributed by atoms with Crippen LogP contribution in [-0.4, -0.2) is 19.9 Å². The Morgan fingerprint density at radius 1 is 1.29 bits per heavy atom. The summed E-state index contributed by atoms with van der Waals surface area (Å²) in [7, 11) is -3.41. The van der Waals surface area contributed by atoms with E-state index in [4.69, 9.17) is 0 Å². The molecule has 1 heterocycles. The minimum absolute atomic E-state index is 0.379. The van der Waals surface area contributed by atoms with E-state index in [1.54, 1.807) is 22.9 Å². The second-order valence-electron chi connectivity index (χ2n) is 5.29. The normalized spacial score (nSPS) is 14.3. The third-order valence-electron chi connectivity index (χ3n) is 3.87. The van der Waals surface area contributed by atoms with Crippen molar-refractivity contribution in [2.75, 3.05) is 6.54 Å². The molecule has 6 heteroatoms. The molecule has 0 bridgehead atoms. The number of benzene rings is 1. The maximum absolute atomic E-state index is 12.3. The number of sulfonamides is 1. The number of aromatic nitrogens is 1. The highest BCUT2D eigenvalue weighted by atomic mass is 32.2. The fraction of sp³-hybridized carbons (Fsp3) is 0.400. The van der Waals surface area contributed by atoms with E-state index < -0.39 is 10.0 Å². The Bertz CT molecular complexity index is 751. The van der Waals surface area contributed by atoms with Crippen LogP contribution in [0.15, 0.2) is 28.6 Å². The molecule has 0 atom stereocenters. The Labute approximate surface area is 129 Å². The van der Waals surface area contributed by atoms with E-state index in [-0.39, 0.29) is 0 Å². The molecule has 0 saturated carbocycles. The second-order valence-corrected chi connectivity index (χ2v) is 8.00. The number of hydrogen-bond acceptors (Lipinski definition) is 4. The Balaban J connectivity index is 1.68. The molecule has 1 aliphatic carbocycles. The molecular weight excluding hydrogens is 304 g/mol. The number of fused-ring (bicyclic) bond motifs is 1. The molecule has 1 aromatic heterocycles. The zero-order chi connectivity index (χ0) is 14.9. The molecule has 0 radical (unpaired) electrons. The van der Waals surface area contributed by atoms with Gasteiger partial charge in [-0.1, -0.05) is 6.07 Å². The molecule has 3 rings (SSSR count). The van der Waals surface area contributed by atoms with E-state index >= 15 is 0 Å². The van der Waals surface area contributed by atoms with E-state index in [0.717, 1.165) is 29.8 Å². The van der Waals surface area contributed by atoms with Gasteiger partial charge in [-0.05, 0) is 55.9 Å². The smallest absolute Gasteiger partial charge is 0.240 e. The van der Waals surface area contributed by atoms with Gasteiger partial charge < -0.3 is 0 Å². The molecule has 2 aromatic rings. The summed E-state index contributed by atoms with van der Waals surface area (Å²) < 4.78 is 27.3. The Hall–Kier alpha value is -1.24. The van der Waals surface area contributed by atoms with Gasteiger partial charge in [0.2, 0.25) is 10.0 Å². The number of rotatable bonds is 5. The van der Waals surface area contributed by atoms with Crippen molar-refractivity contribution in [1.82, 2.24) is 9.71 Å². The summed E-state index contributed by atoms with van der Waals surface area (Å²) in [6.07, 6.45) is 3.85. The number of nitrogens with one attached hydrogen (secondary N) is 1. The first-order chi connectivity index (χ1) is 10.1. The second kappa shape index (κ2) is 5.87. The van der Waals surface area contributed by atoms with E-state index in [2.05, 4.69) is 9.71 Å². The summed E-state index contributed by atoms with van der Waals surface area (Å²) in [4.78, 5) is 5.68. The molecule has 0 saturated heterocycles. The maximum atomic E-state index is 12.3. The third-order valence-corrected chi connectivity index (χ3v) is 6.32. The molecule has 0 aliphatic heterocycles. The van der Waals surface area contributed by atoms with Crippen LogP contribution in [0.3, 0.4) is 0 Å². The van der Waals surface area contributed by atoms with Gasteiger partial charge in [-0.15, -0.1) is 11.3 Å². The fourth-order valence-corrected chi connectivity index (χ4v) is 4.53. The van der Waals surface area contributed by atoms with Crippen LogP contribution in [0, 0.1) is 6.92 Å². The first kappa shape index (κ1) is 14.7. The molecule has 0 unspecified atom stereocenters. The lowest BCUT2D eigenvalue weighted by Crippen LogP contribution is -2.26. The van der Waals surface area contributed by atoms with Gasteiger partial charge in [-0.3, -0.25) is 0 Å². The lowest BCUT2D eigenvalue weighted by Gasteiger charge is -2.08. The van der Waals surface area contributed by atoms with E-state index in [1.165, 1.54) is 11.1 Å². The van der Waals surface area contributed by atoms with Crippen molar-refractivity contribution in [2.45, 2.75) is 37.5 Å². The van der Waals surface area contributed by atoms with Crippen LogP contribution in [0.5, 0.6) is 0 Å². The average molecular weight is 322 g/mol. The van der Waals surface area contributed by atoms with Crippen LogP contribution in [-0.2, 0) is 29.3 Å². The van der Waals surface area contributed by atoms with Crippen molar-refractivity contribution in [1.29, 1.82) is 0 Å². The predicted molar refractivity (Wildman–Crippen MR) is 84.2 cm³/mol. The predicted octanol–water partition coefficient (Wildman–Crippen LogP) is 2.46. The van der Waals surface area contributed by atoms with Gasteiger partial charge in [0.05, 0.1) is 16.1 Å². The van der Waals surface area contributed by atoms with Gasteiger partial charge in [0.15, 0.2) is 0 Å². The van der Waals surface area contributed by atoms with Gasteiger partial charge >= 0.3 is 0 Å². The van der Waals surface area contributed by atoms with Crippen molar-refractivity contribution in [3.63, 3.8) is 0 Å². The largest absolute Gasteiger partial charge is 0.250 e. The van der Waals surface area contributed by atoms with Crippen molar-refractivity contribution in [3.05, 3.63) is 45.4 Å². The molecule has 1 aliphatic rings. The third kappa shape index (κ3) is 3.17. The van der Waals surface area contributed by atoms with Gasteiger partial charge in [-0.2, -0.15) is 0 Å². The SMILES string of the molecule is Cc1ncsc1CCNS(=O)(=O)c1ccc2c(c1)CCC2. The highest BCUT2D eigenvalue weighted by Gasteiger charge is 2.18. The minimum atomic E-state index is -3.41. The van der Waals surface area contributed by atoms with Crippen LogP contribution in [0.1, 0.15) is 28.1 Å². The topological polar surface area (TPSA) is 59.1 Å². The van der Waals surface area contributed by atoms with E-state index in [1.807, 2.05) is 19.1 Å². The number of nitrogens with zero attached hydrogens (tertiary/aromatic N) is 1. The van der Waals surface area contributed by atoms with Crippen LogP contribution in [0.4, 0.5) is 0 Å². The first-order valence-corrected chi connectivity index (χ1v) is 9.43. The maximum Gasteiger partial charge on any atom is 0.240 e. The highest BCUT2D eigenvalue weighted by molar-refractivity contribution is 7.89. The van der Waals surface area contributed by atoms with Crippen molar-refractivity contribution >= 4 is 21.4 Å². The zero-order valence-corrected chi connectivity index (χ0v) is 13.6. The van der Waals surface area contributed by atoms with Crippen LogP contribution >= 0.6 is 11.3 Å². The van der Waals surface area contributed by atoms with Crippen LogP contribution in [0.25, 0.3) is 0 Å². The quantitative estimate of drug-likeness (QED) is 0.920. The Morgan fingerprint density at radius 3 is 2.86 bits per heavy atom. The Kier molecular flexibility index (Phi) is 4.10. The molecule has 4 nitrogen and oxygen atoms in total. The minimum Gasteiger partial charge on any atom is -0.250 e. The number of aryl methyl sites for hydroxylation is 3. The van der Waals surface area contributed by atoms with Gasteiger partial charge in [-0.25, -0.2) is 18.1 Å². The monoisotopic (exact) mass is 322 g/mol. The molecule has 0 fully saturated rings. The van der Waals surface area contributed by atoms with Gasteiger partial charge in [0, 0.05) is 11.4 Å². The summed E-state index contributed by atoms with van der Waals surface area (Å²) in [5.41, 5.74) is 5.24. The summed E-state index contributed by atoms with van der Waals surface area (Å²) >= 11 is 1.57. The number of hydrogen-bond donors (Lipinski definition) is 1. The zero-order valence-electron chi connectivity index (χ0n) is 11.9. The molecule has 0 spiro atoms. The molecular formula is C15H18N2O2S2. The lowest BCUT2D eigenvalue weighted by atomic mass is 10.1. The van der Waals surface area contributed by atoms with Crippen molar-refractivity contribution < 1.29 is 8.42 Å². The molecule has 1 aromatic carbocycles. The van der Waals surface area contributed by atoms with E-state index in [9.17, 15) is 8.42 Å². The molecule has 0 amide bonds. The molecule has 112 valence electrons. The first-order valence-electron chi connectivity index (χ1n) is 7.07. The lowest BCUT2D eigenvalue weighted by molar-refractivity contribution is 0.581. The Morgan fingerprint density at radius 2 is 2.10 bits per heavy atom. The van der Waals surface area contributed by atoms with Gasteiger partial charge in [0.1, 0.15) is 0 Å². The standard InChI is InChI=1S/C15H18N2O2S2/c1-11-15(20-10-16-11)7-8-17-21(18,19)14-6-5-12-3-2-4-13(12)9-14/h5-6,9-10,17H,2-4,7-8H2,1H3. The summed E-state index contributed by atoms with van der Waals surface area (Å²) in [5, 5.41) is 0. The van der Waals surface area contributed by atoms with Crippen LogP contribution in [0.2, 0.25) is 0 Å². The summed E-state index contributed by atoms with van der Waals surface area (Å²) in [5.74, 6) is 0. The van der Waals surface area contributed by atoms with Gasteiger partial charge in [0.25, 0.3) is 0 Å². The number of thiazole rings is 1. The van der Waals surface area contributed by atoms with Crippen molar-refractivity contribution in [3.8, 4) is 0 Å². The highest BCUT2D eigenvalue weighted by Crippen LogP contribution is 2.24.